The van der Waals surface area contributed by atoms with E-state index in [-0.39, 0.29) is 12.4 Å². The standard InChI is InChI=1S/C11H12FN3O2S/c12-7-1-2-10-8(5-7)9-6-15(18(13,16)17)4-3-11(9)14-10/h1-2,5,14H,3-4,6H2,(H2,13,16,17). The maximum atomic E-state index is 13.2. The van der Waals surface area contributed by atoms with Crippen LogP contribution in [0.25, 0.3) is 10.9 Å². The lowest BCUT2D eigenvalue weighted by molar-refractivity contribution is 0.392. The van der Waals surface area contributed by atoms with Crippen LogP contribution >= 0.6 is 0 Å². The molecular weight excluding hydrogens is 257 g/mol. The van der Waals surface area contributed by atoms with E-state index in [2.05, 4.69) is 4.98 Å². The molecule has 0 atom stereocenters. The molecule has 1 aromatic heterocycles. The average Bonchev–Trinajstić information content (AvgIpc) is 2.65. The molecule has 0 unspecified atom stereocenters. The predicted octanol–water partition coefficient (Wildman–Crippen LogP) is 0.869. The fourth-order valence-corrected chi connectivity index (χ4v) is 3.03. The average molecular weight is 269 g/mol. The zero-order chi connectivity index (χ0) is 12.9. The molecule has 7 heteroatoms. The van der Waals surface area contributed by atoms with E-state index >= 15 is 0 Å². The molecule has 2 heterocycles. The highest BCUT2D eigenvalue weighted by Gasteiger charge is 2.26. The van der Waals surface area contributed by atoms with Gasteiger partial charge in [0.15, 0.2) is 0 Å². The van der Waals surface area contributed by atoms with Crippen LogP contribution in [0.2, 0.25) is 0 Å². The van der Waals surface area contributed by atoms with E-state index in [1.54, 1.807) is 6.07 Å². The second kappa shape index (κ2) is 3.78. The minimum Gasteiger partial charge on any atom is -0.358 e. The molecule has 5 nitrogen and oxygen atoms in total. The van der Waals surface area contributed by atoms with Crippen LogP contribution < -0.4 is 5.14 Å². The molecule has 3 rings (SSSR count). The van der Waals surface area contributed by atoms with Crippen molar-refractivity contribution in [2.45, 2.75) is 13.0 Å². The van der Waals surface area contributed by atoms with Gasteiger partial charge in [-0.15, -0.1) is 0 Å². The maximum Gasteiger partial charge on any atom is 0.277 e. The molecule has 0 amide bonds. The normalized spacial score (nSPS) is 17.0. The van der Waals surface area contributed by atoms with E-state index in [4.69, 9.17) is 5.14 Å². The van der Waals surface area contributed by atoms with Crippen LogP contribution in [0.4, 0.5) is 4.39 Å². The summed E-state index contributed by atoms with van der Waals surface area (Å²) >= 11 is 0. The maximum absolute atomic E-state index is 13.2. The Morgan fingerprint density at radius 1 is 1.39 bits per heavy atom. The lowest BCUT2D eigenvalue weighted by Crippen LogP contribution is -2.40. The van der Waals surface area contributed by atoms with Gasteiger partial charge in [-0.25, -0.2) is 9.53 Å². The lowest BCUT2D eigenvalue weighted by atomic mass is 10.1. The van der Waals surface area contributed by atoms with Crippen LogP contribution in [-0.4, -0.2) is 24.3 Å². The number of hydrogen-bond donors (Lipinski definition) is 2. The minimum atomic E-state index is -3.70. The third-order valence-corrected chi connectivity index (χ3v) is 4.29. The molecule has 0 saturated carbocycles. The number of benzene rings is 1. The van der Waals surface area contributed by atoms with Crippen molar-refractivity contribution >= 4 is 21.1 Å². The number of hydrogen-bond acceptors (Lipinski definition) is 2. The second-order valence-electron chi connectivity index (χ2n) is 4.40. The number of aromatic amines is 1. The van der Waals surface area contributed by atoms with E-state index < -0.39 is 10.2 Å². The van der Waals surface area contributed by atoms with Gasteiger partial charge in [0.25, 0.3) is 10.2 Å². The Morgan fingerprint density at radius 3 is 2.89 bits per heavy atom. The first-order valence-electron chi connectivity index (χ1n) is 5.52. The molecule has 2 aromatic rings. The minimum absolute atomic E-state index is 0.192. The van der Waals surface area contributed by atoms with Crippen molar-refractivity contribution in [1.82, 2.24) is 9.29 Å². The summed E-state index contributed by atoms with van der Waals surface area (Å²) in [5, 5.41) is 5.84. The molecule has 3 N–H and O–H groups in total. The molecule has 1 aliphatic heterocycles. The van der Waals surface area contributed by atoms with Crippen molar-refractivity contribution < 1.29 is 12.8 Å². The summed E-state index contributed by atoms with van der Waals surface area (Å²) in [6.45, 7) is 0.540. The number of halogens is 1. The monoisotopic (exact) mass is 269 g/mol. The fraction of sp³-hybridized carbons (Fsp3) is 0.273. The molecule has 0 saturated heterocycles. The summed E-state index contributed by atoms with van der Waals surface area (Å²) in [5.41, 5.74) is 2.58. The molecule has 0 bridgehead atoms. The number of aromatic nitrogens is 1. The summed E-state index contributed by atoms with van der Waals surface area (Å²) in [4.78, 5) is 3.19. The fourth-order valence-electron chi connectivity index (χ4n) is 2.38. The number of fused-ring (bicyclic) bond motifs is 3. The number of nitrogens with two attached hydrogens (primary N) is 1. The van der Waals surface area contributed by atoms with Crippen molar-refractivity contribution in [2.24, 2.45) is 5.14 Å². The zero-order valence-electron chi connectivity index (χ0n) is 9.48. The van der Waals surface area contributed by atoms with E-state index in [9.17, 15) is 12.8 Å². The van der Waals surface area contributed by atoms with Gasteiger partial charge in [-0.1, -0.05) is 0 Å². The molecule has 18 heavy (non-hydrogen) atoms. The van der Waals surface area contributed by atoms with Crippen molar-refractivity contribution in [1.29, 1.82) is 0 Å². The second-order valence-corrected chi connectivity index (χ2v) is 5.95. The molecule has 0 radical (unpaired) electrons. The Kier molecular flexibility index (Phi) is 2.44. The first-order chi connectivity index (χ1) is 8.45. The van der Waals surface area contributed by atoms with Crippen LogP contribution in [0.1, 0.15) is 11.3 Å². The van der Waals surface area contributed by atoms with Crippen molar-refractivity contribution in [3.05, 3.63) is 35.3 Å². The first kappa shape index (κ1) is 11.6. The van der Waals surface area contributed by atoms with Crippen LogP contribution in [0.5, 0.6) is 0 Å². The Morgan fingerprint density at radius 2 is 2.17 bits per heavy atom. The highest BCUT2D eigenvalue weighted by atomic mass is 32.2. The summed E-state index contributed by atoms with van der Waals surface area (Å²) in [5.74, 6) is -0.336. The Labute approximate surface area is 104 Å². The van der Waals surface area contributed by atoms with Gasteiger partial charge < -0.3 is 4.98 Å². The highest BCUT2D eigenvalue weighted by molar-refractivity contribution is 7.86. The Hall–Kier alpha value is -1.44. The van der Waals surface area contributed by atoms with E-state index in [0.29, 0.717) is 13.0 Å². The summed E-state index contributed by atoms with van der Waals surface area (Å²) in [6.07, 6.45) is 0.558. The Balaban J connectivity index is 2.14. The van der Waals surface area contributed by atoms with Gasteiger partial charge in [-0.05, 0) is 23.8 Å². The predicted molar refractivity (Wildman–Crippen MR) is 65.5 cm³/mol. The summed E-state index contributed by atoms with van der Waals surface area (Å²) in [6, 6.07) is 4.45. The van der Waals surface area contributed by atoms with Crippen LogP contribution in [0.15, 0.2) is 18.2 Å². The van der Waals surface area contributed by atoms with Gasteiger partial charge in [0, 0.05) is 36.1 Å². The topological polar surface area (TPSA) is 79.2 Å². The first-order valence-corrected chi connectivity index (χ1v) is 7.02. The number of nitrogens with one attached hydrogen (secondary N) is 1. The molecular formula is C11H12FN3O2S. The third kappa shape index (κ3) is 1.80. The molecule has 0 spiro atoms. The van der Waals surface area contributed by atoms with Crippen LogP contribution in [0, 0.1) is 5.82 Å². The van der Waals surface area contributed by atoms with Crippen molar-refractivity contribution in [3.8, 4) is 0 Å². The van der Waals surface area contributed by atoms with Crippen molar-refractivity contribution in [2.75, 3.05) is 6.54 Å². The quantitative estimate of drug-likeness (QED) is 0.805. The molecule has 96 valence electrons. The van der Waals surface area contributed by atoms with Crippen molar-refractivity contribution in [3.63, 3.8) is 0 Å². The van der Waals surface area contributed by atoms with Gasteiger partial charge in [0.2, 0.25) is 0 Å². The largest absolute Gasteiger partial charge is 0.358 e. The highest BCUT2D eigenvalue weighted by Crippen LogP contribution is 2.28. The zero-order valence-corrected chi connectivity index (χ0v) is 10.3. The molecule has 1 aliphatic rings. The molecule has 0 fully saturated rings. The SMILES string of the molecule is NS(=O)(=O)N1CCc2[nH]c3ccc(F)cc3c2C1. The molecule has 1 aromatic carbocycles. The number of H-pyrrole nitrogens is 1. The van der Waals surface area contributed by atoms with E-state index in [1.807, 2.05) is 0 Å². The van der Waals surface area contributed by atoms with Gasteiger partial charge in [0.05, 0.1) is 0 Å². The third-order valence-electron chi connectivity index (χ3n) is 3.26. The van der Waals surface area contributed by atoms with Gasteiger partial charge >= 0.3 is 0 Å². The summed E-state index contributed by atoms with van der Waals surface area (Å²) < 4.78 is 37.1. The molecule has 0 aliphatic carbocycles. The van der Waals surface area contributed by atoms with E-state index in [1.165, 1.54) is 16.4 Å². The Bertz CT molecular complexity index is 723. The van der Waals surface area contributed by atoms with Crippen LogP contribution in [-0.2, 0) is 23.2 Å². The summed E-state index contributed by atoms with van der Waals surface area (Å²) in [7, 11) is -3.70. The number of nitrogens with zero attached hydrogens (tertiary/aromatic N) is 1. The smallest absolute Gasteiger partial charge is 0.277 e. The van der Waals surface area contributed by atoms with Gasteiger partial charge in [0.1, 0.15) is 5.82 Å². The van der Waals surface area contributed by atoms with Gasteiger partial charge in [-0.3, -0.25) is 0 Å². The number of rotatable bonds is 1. The van der Waals surface area contributed by atoms with Crippen LogP contribution in [0.3, 0.4) is 0 Å². The lowest BCUT2D eigenvalue weighted by Gasteiger charge is -2.24. The van der Waals surface area contributed by atoms with E-state index in [0.717, 1.165) is 22.2 Å². The van der Waals surface area contributed by atoms with Gasteiger partial charge in [-0.2, -0.15) is 12.7 Å².